The molecule has 2 aromatic heterocycles. The molecule has 2 heterocycles. The molecule has 33 heavy (non-hydrogen) atoms. The van der Waals surface area contributed by atoms with Gasteiger partial charge in [-0.15, -0.1) is 22.7 Å². The minimum Gasteiger partial charge on any atom is -0.459 e. The van der Waals surface area contributed by atoms with E-state index >= 15 is 0 Å². The molecule has 1 aromatic carbocycles. The number of hydrogen-bond acceptors (Lipinski definition) is 6. The van der Waals surface area contributed by atoms with E-state index in [-0.39, 0.29) is 6.10 Å². The van der Waals surface area contributed by atoms with E-state index in [0.29, 0.717) is 27.6 Å². The van der Waals surface area contributed by atoms with Gasteiger partial charge < -0.3 is 14.7 Å². The summed E-state index contributed by atoms with van der Waals surface area (Å²) in [5.41, 5.74) is -0.338. The van der Waals surface area contributed by atoms with Gasteiger partial charge in [0.15, 0.2) is 0 Å². The number of benzene rings is 1. The fourth-order valence-corrected chi connectivity index (χ4v) is 7.61. The molecule has 1 N–H and O–H groups in total. The zero-order valence-corrected chi connectivity index (χ0v) is 20.6. The summed E-state index contributed by atoms with van der Waals surface area (Å²) in [6, 6.07) is 18.5. The SMILES string of the molecule is CN(CCCc1ccccc1)C1C2CCC1C(OC(=O)C(O)(c1cccs1)c1cccs1)C2. The van der Waals surface area contributed by atoms with Crippen molar-refractivity contribution in [3.63, 3.8) is 0 Å². The number of rotatable bonds is 9. The number of nitrogens with zero attached hydrogens (tertiary/aromatic N) is 1. The van der Waals surface area contributed by atoms with Crippen molar-refractivity contribution in [2.24, 2.45) is 11.8 Å². The predicted molar refractivity (Wildman–Crippen MR) is 134 cm³/mol. The van der Waals surface area contributed by atoms with Crippen LogP contribution in [0.15, 0.2) is 65.4 Å². The van der Waals surface area contributed by atoms with Gasteiger partial charge in [-0.3, -0.25) is 0 Å². The minimum absolute atomic E-state index is 0.121. The number of esters is 1. The molecule has 0 aliphatic heterocycles. The van der Waals surface area contributed by atoms with Crippen LogP contribution in [-0.2, 0) is 21.6 Å². The summed E-state index contributed by atoms with van der Waals surface area (Å²) in [7, 11) is 2.22. The van der Waals surface area contributed by atoms with E-state index in [9.17, 15) is 9.90 Å². The van der Waals surface area contributed by atoms with Crippen molar-refractivity contribution >= 4 is 28.6 Å². The number of aryl methyl sites for hydroxylation is 1. The number of ether oxygens (including phenoxy) is 1. The Bertz CT molecular complexity index is 1000. The molecule has 2 bridgehead atoms. The van der Waals surface area contributed by atoms with E-state index in [1.54, 1.807) is 0 Å². The highest BCUT2D eigenvalue weighted by molar-refractivity contribution is 7.12. The number of aliphatic hydroxyl groups is 1. The molecular formula is C27H31NO3S2. The normalized spacial score (nSPS) is 24.5. The zero-order valence-electron chi connectivity index (χ0n) is 18.9. The molecule has 4 atom stereocenters. The first-order valence-corrected chi connectivity index (χ1v) is 13.6. The van der Waals surface area contributed by atoms with Gasteiger partial charge in [-0.05, 0) is 80.1 Å². The van der Waals surface area contributed by atoms with Crippen LogP contribution in [0, 0.1) is 11.8 Å². The molecule has 4 unspecified atom stereocenters. The Kier molecular flexibility index (Phi) is 6.70. The summed E-state index contributed by atoms with van der Waals surface area (Å²) in [6.07, 6.45) is 5.27. The van der Waals surface area contributed by atoms with Crippen molar-refractivity contribution in [3.8, 4) is 0 Å². The lowest BCUT2D eigenvalue weighted by Gasteiger charge is -2.31. The van der Waals surface area contributed by atoms with Gasteiger partial charge in [-0.1, -0.05) is 42.5 Å². The van der Waals surface area contributed by atoms with Crippen molar-refractivity contribution < 1.29 is 14.6 Å². The lowest BCUT2D eigenvalue weighted by Crippen LogP contribution is -2.42. The van der Waals surface area contributed by atoms with Crippen molar-refractivity contribution in [3.05, 3.63) is 80.7 Å². The molecule has 2 aliphatic carbocycles. The molecule has 174 valence electrons. The molecule has 0 saturated heterocycles. The second-order valence-electron chi connectivity index (χ2n) is 9.41. The topological polar surface area (TPSA) is 49.8 Å². The second kappa shape index (κ2) is 9.71. The predicted octanol–water partition coefficient (Wildman–Crippen LogP) is 5.32. The van der Waals surface area contributed by atoms with Crippen LogP contribution in [0.3, 0.4) is 0 Å². The Morgan fingerprint density at radius 3 is 2.39 bits per heavy atom. The van der Waals surface area contributed by atoms with Crippen LogP contribution >= 0.6 is 22.7 Å². The maximum atomic E-state index is 13.4. The number of carbonyl (C=O) groups is 1. The molecule has 2 aliphatic rings. The molecular weight excluding hydrogens is 450 g/mol. The van der Waals surface area contributed by atoms with E-state index in [0.717, 1.165) is 32.2 Å². The number of hydrogen-bond donors (Lipinski definition) is 1. The maximum absolute atomic E-state index is 13.4. The molecule has 0 amide bonds. The number of carbonyl (C=O) groups excluding carboxylic acids is 1. The van der Waals surface area contributed by atoms with Gasteiger partial charge in [0, 0.05) is 12.0 Å². The second-order valence-corrected chi connectivity index (χ2v) is 11.3. The zero-order chi connectivity index (χ0) is 22.8. The lowest BCUT2D eigenvalue weighted by molar-refractivity contribution is -0.170. The van der Waals surface area contributed by atoms with Crippen LogP contribution in [0.2, 0.25) is 0 Å². The number of fused-ring (bicyclic) bond motifs is 2. The van der Waals surface area contributed by atoms with Crippen LogP contribution in [0.4, 0.5) is 0 Å². The highest BCUT2D eigenvalue weighted by Crippen LogP contribution is 2.49. The first-order chi connectivity index (χ1) is 16.1. The Labute approximate surface area is 203 Å². The summed E-state index contributed by atoms with van der Waals surface area (Å²) >= 11 is 2.78. The van der Waals surface area contributed by atoms with E-state index in [2.05, 4.69) is 42.3 Å². The quantitative estimate of drug-likeness (QED) is 0.420. The standard InChI is InChI=1S/C27H31NO3S2/c1-28(15-5-10-19-8-3-2-4-9-19)25-20-13-14-21(25)22(18-20)31-26(29)27(30,23-11-6-16-32-23)24-12-7-17-33-24/h2-4,6-9,11-12,16-17,20-22,25,30H,5,10,13-15,18H2,1H3. The maximum Gasteiger partial charge on any atom is 0.349 e. The fraction of sp³-hybridized carbons (Fsp3) is 0.444. The number of thiophene rings is 2. The first-order valence-electron chi connectivity index (χ1n) is 11.8. The van der Waals surface area contributed by atoms with E-state index in [1.165, 1.54) is 34.7 Å². The van der Waals surface area contributed by atoms with E-state index < -0.39 is 11.6 Å². The van der Waals surface area contributed by atoms with Crippen LogP contribution in [0.1, 0.15) is 41.0 Å². The van der Waals surface area contributed by atoms with Crippen LogP contribution in [-0.4, -0.2) is 41.7 Å². The summed E-state index contributed by atoms with van der Waals surface area (Å²) < 4.78 is 6.11. The summed E-state index contributed by atoms with van der Waals surface area (Å²) in [5.74, 6) is 0.373. The Hall–Kier alpha value is -1.99. The average Bonchev–Trinajstić information content (AvgIpc) is 3.64. The largest absolute Gasteiger partial charge is 0.459 e. The first kappa shape index (κ1) is 22.8. The third-order valence-electron chi connectivity index (χ3n) is 7.44. The van der Waals surface area contributed by atoms with Crippen LogP contribution in [0.25, 0.3) is 0 Å². The summed E-state index contributed by atoms with van der Waals surface area (Å²) in [4.78, 5) is 17.2. The monoisotopic (exact) mass is 481 g/mol. The van der Waals surface area contributed by atoms with Gasteiger partial charge in [0.25, 0.3) is 0 Å². The Morgan fingerprint density at radius 2 is 1.76 bits per heavy atom. The van der Waals surface area contributed by atoms with Gasteiger partial charge in [-0.25, -0.2) is 4.79 Å². The van der Waals surface area contributed by atoms with Gasteiger partial charge in [0.2, 0.25) is 5.60 Å². The van der Waals surface area contributed by atoms with Gasteiger partial charge >= 0.3 is 5.97 Å². The van der Waals surface area contributed by atoms with Crippen LogP contribution < -0.4 is 0 Å². The summed E-state index contributed by atoms with van der Waals surface area (Å²) in [6.45, 7) is 1.04. The molecule has 3 aromatic rings. The van der Waals surface area contributed by atoms with Gasteiger partial charge in [-0.2, -0.15) is 0 Å². The van der Waals surface area contributed by atoms with Crippen LogP contribution in [0.5, 0.6) is 0 Å². The smallest absolute Gasteiger partial charge is 0.349 e. The van der Waals surface area contributed by atoms with Crippen molar-refractivity contribution in [1.82, 2.24) is 4.90 Å². The molecule has 2 saturated carbocycles. The third kappa shape index (κ3) is 4.42. The molecule has 5 rings (SSSR count). The van der Waals surface area contributed by atoms with Gasteiger partial charge in [0.05, 0.1) is 9.75 Å². The van der Waals surface area contributed by atoms with Crippen molar-refractivity contribution in [2.75, 3.05) is 13.6 Å². The minimum atomic E-state index is -1.72. The molecule has 4 nitrogen and oxygen atoms in total. The fourth-order valence-electron chi connectivity index (χ4n) is 5.90. The Balaban J connectivity index is 1.24. The molecule has 2 fully saturated rings. The van der Waals surface area contributed by atoms with Gasteiger partial charge in [0.1, 0.15) is 6.10 Å². The Morgan fingerprint density at radius 1 is 1.06 bits per heavy atom. The van der Waals surface area contributed by atoms with E-state index in [1.807, 2.05) is 35.0 Å². The van der Waals surface area contributed by atoms with Crippen molar-refractivity contribution in [2.45, 2.75) is 49.9 Å². The highest BCUT2D eigenvalue weighted by atomic mass is 32.1. The highest BCUT2D eigenvalue weighted by Gasteiger charge is 2.53. The molecule has 0 spiro atoms. The molecule has 6 heteroatoms. The summed E-state index contributed by atoms with van der Waals surface area (Å²) in [5, 5.41) is 15.3. The van der Waals surface area contributed by atoms with E-state index in [4.69, 9.17) is 4.74 Å². The van der Waals surface area contributed by atoms with Crippen molar-refractivity contribution in [1.29, 1.82) is 0 Å². The average molecular weight is 482 g/mol. The lowest BCUT2D eigenvalue weighted by atomic mass is 9.96. The third-order valence-corrected chi connectivity index (χ3v) is 9.40. The molecule has 0 radical (unpaired) electrons.